The zero-order valence-electron chi connectivity index (χ0n) is 17.8. The minimum Gasteiger partial charge on any atom is -0.355 e. The Labute approximate surface area is 188 Å². The summed E-state index contributed by atoms with van der Waals surface area (Å²) in [6, 6.07) is 7.06. The number of aromatic nitrogens is 5. The number of rotatable bonds is 9. The predicted octanol–water partition coefficient (Wildman–Crippen LogP) is 1.64. The van der Waals surface area contributed by atoms with E-state index in [1.807, 2.05) is 19.9 Å². The van der Waals surface area contributed by atoms with Gasteiger partial charge in [-0.2, -0.15) is 9.97 Å². The first-order valence-electron chi connectivity index (χ1n) is 10.3. The van der Waals surface area contributed by atoms with Crippen LogP contribution >= 0.6 is 11.8 Å². The highest BCUT2D eigenvalue weighted by molar-refractivity contribution is 7.99. The van der Waals surface area contributed by atoms with E-state index in [4.69, 9.17) is 0 Å². The van der Waals surface area contributed by atoms with Crippen LogP contribution in [0.5, 0.6) is 0 Å². The van der Waals surface area contributed by atoms with E-state index in [-0.39, 0.29) is 17.7 Å². The molecule has 1 aliphatic rings. The van der Waals surface area contributed by atoms with Crippen LogP contribution in [0.3, 0.4) is 0 Å². The Balaban J connectivity index is 1.44. The summed E-state index contributed by atoms with van der Waals surface area (Å²) in [6.07, 6.45) is 0. The Morgan fingerprint density at radius 2 is 2.03 bits per heavy atom. The molecule has 4 rings (SSSR count). The topological polar surface area (TPSA) is 141 Å². The zero-order chi connectivity index (χ0) is 22.5. The molecule has 0 aliphatic carbocycles. The summed E-state index contributed by atoms with van der Waals surface area (Å²) in [5.74, 6) is 1.33. The first-order chi connectivity index (χ1) is 15.6. The average Bonchev–Trinajstić information content (AvgIpc) is 3.39. The molecule has 4 N–H and O–H groups in total. The molecule has 0 unspecified atom stereocenters. The van der Waals surface area contributed by atoms with Crippen LogP contribution < -0.4 is 26.2 Å². The summed E-state index contributed by atoms with van der Waals surface area (Å²) >= 11 is 1.24. The minimum absolute atomic E-state index is 0.121. The Morgan fingerprint density at radius 1 is 1.19 bits per heavy atom. The van der Waals surface area contributed by atoms with E-state index in [1.54, 1.807) is 27.5 Å². The van der Waals surface area contributed by atoms with E-state index < -0.39 is 0 Å². The number of fused-ring (bicyclic) bond motifs is 1. The van der Waals surface area contributed by atoms with E-state index in [0.29, 0.717) is 54.7 Å². The normalized spacial score (nSPS) is 13.3. The third kappa shape index (κ3) is 4.66. The SMILES string of the molecule is CCNc1nc(NCC)n2c(SCC(=O)Nc3cccc(N4CCNC4=O)c3)nnc2n1. The lowest BCUT2D eigenvalue weighted by atomic mass is 10.2. The van der Waals surface area contributed by atoms with Crippen LogP contribution in [0.25, 0.3) is 5.78 Å². The second-order valence-corrected chi connectivity index (χ2v) is 7.76. The van der Waals surface area contributed by atoms with Crippen LogP contribution in [-0.2, 0) is 4.79 Å². The van der Waals surface area contributed by atoms with Gasteiger partial charge < -0.3 is 21.3 Å². The molecule has 1 saturated heterocycles. The highest BCUT2D eigenvalue weighted by atomic mass is 32.2. The number of anilines is 4. The molecule has 1 fully saturated rings. The molecule has 168 valence electrons. The van der Waals surface area contributed by atoms with Gasteiger partial charge in [-0.25, -0.2) is 9.20 Å². The van der Waals surface area contributed by atoms with Gasteiger partial charge in [-0.05, 0) is 32.0 Å². The largest absolute Gasteiger partial charge is 0.355 e. The van der Waals surface area contributed by atoms with E-state index in [2.05, 4.69) is 41.4 Å². The molecule has 32 heavy (non-hydrogen) atoms. The maximum atomic E-state index is 12.6. The highest BCUT2D eigenvalue weighted by Crippen LogP contribution is 2.23. The Bertz CT molecular complexity index is 1130. The van der Waals surface area contributed by atoms with Crippen molar-refractivity contribution in [3.8, 4) is 0 Å². The molecular formula is C19H24N10O2S. The van der Waals surface area contributed by atoms with Crippen molar-refractivity contribution in [2.75, 3.05) is 52.8 Å². The van der Waals surface area contributed by atoms with E-state index in [1.165, 1.54) is 11.8 Å². The van der Waals surface area contributed by atoms with Gasteiger partial charge in [0.05, 0.1) is 5.75 Å². The molecule has 12 nitrogen and oxygen atoms in total. The number of benzene rings is 1. The molecule has 3 heterocycles. The summed E-state index contributed by atoms with van der Waals surface area (Å²) < 4.78 is 1.69. The van der Waals surface area contributed by atoms with Crippen molar-refractivity contribution < 1.29 is 9.59 Å². The summed E-state index contributed by atoms with van der Waals surface area (Å²) in [7, 11) is 0. The molecular weight excluding hydrogens is 432 g/mol. The Hall–Kier alpha value is -3.61. The van der Waals surface area contributed by atoms with E-state index in [0.717, 1.165) is 5.69 Å². The van der Waals surface area contributed by atoms with Gasteiger partial charge in [0.25, 0.3) is 5.78 Å². The second kappa shape index (κ2) is 9.68. The van der Waals surface area contributed by atoms with Crippen molar-refractivity contribution in [1.29, 1.82) is 0 Å². The molecule has 0 saturated carbocycles. The molecule has 13 heteroatoms. The van der Waals surface area contributed by atoms with Crippen molar-refractivity contribution >= 4 is 52.7 Å². The first kappa shape index (κ1) is 21.6. The van der Waals surface area contributed by atoms with Crippen molar-refractivity contribution in [3.63, 3.8) is 0 Å². The first-order valence-corrected chi connectivity index (χ1v) is 11.3. The molecule has 0 spiro atoms. The highest BCUT2D eigenvalue weighted by Gasteiger charge is 2.21. The number of hydrogen-bond donors (Lipinski definition) is 4. The van der Waals surface area contributed by atoms with Gasteiger partial charge >= 0.3 is 6.03 Å². The lowest BCUT2D eigenvalue weighted by molar-refractivity contribution is -0.113. The van der Waals surface area contributed by atoms with Crippen LogP contribution in [-0.4, -0.2) is 68.4 Å². The second-order valence-electron chi connectivity index (χ2n) is 6.82. The third-order valence-electron chi connectivity index (χ3n) is 4.55. The molecule has 0 atom stereocenters. The van der Waals surface area contributed by atoms with Crippen molar-refractivity contribution in [2.45, 2.75) is 19.0 Å². The summed E-state index contributed by atoms with van der Waals surface area (Å²) in [6.45, 7) is 6.46. The fraction of sp³-hybridized carbons (Fsp3) is 0.368. The lowest BCUT2D eigenvalue weighted by Gasteiger charge is -2.15. The van der Waals surface area contributed by atoms with Crippen LogP contribution in [0.1, 0.15) is 13.8 Å². The number of hydrogen-bond acceptors (Lipinski definition) is 9. The quantitative estimate of drug-likeness (QED) is 0.354. The summed E-state index contributed by atoms with van der Waals surface area (Å²) in [4.78, 5) is 34.9. The molecule has 0 radical (unpaired) electrons. The van der Waals surface area contributed by atoms with Gasteiger partial charge in [-0.1, -0.05) is 17.8 Å². The fourth-order valence-corrected chi connectivity index (χ4v) is 3.92. The third-order valence-corrected chi connectivity index (χ3v) is 5.48. The van der Waals surface area contributed by atoms with E-state index >= 15 is 0 Å². The summed E-state index contributed by atoms with van der Waals surface area (Å²) in [5.41, 5.74) is 1.35. The van der Waals surface area contributed by atoms with Gasteiger partial charge in [0.15, 0.2) is 5.16 Å². The number of urea groups is 1. The van der Waals surface area contributed by atoms with Crippen molar-refractivity contribution in [3.05, 3.63) is 24.3 Å². The number of nitrogens with zero attached hydrogens (tertiary/aromatic N) is 6. The molecule has 1 aliphatic heterocycles. The molecule has 2 aromatic heterocycles. The van der Waals surface area contributed by atoms with Gasteiger partial charge in [0.2, 0.25) is 17.8 Å². The smallest absolute Gasteiger partial charge is 0.321 e. The molecule has 0 bridgehead atoms. The zero-order valence-corrected chi connectivity index (χ0v) is 18.6. The Morgan fingerprint density at radius 3 is 2.78 bits per heavy atom. The minimum atomic E-state index is -0.204. The number of nitrogens with one attached hydrogen (secondary N) is 4. The average molecular weight is 457 g/mol. The Kier molecular flexibility index (Phi) is 6.54. The molecule has 1 aromatic carbocycles. The summed E-state index contributed by atoms with van der Waals surface area (Å²) in [5, 5.41) is 20.7. The monoisotopic (exact) mass is 456 g/mol. The number of amides is 3. The van der Waals surface area contributed by atoms with Crippen molar-refractivity contribution in [2.24, 2.45) is 0 Å². The van der Waals surface area contributed by atoms with E-state index in [9.17, 15) is 9.59 Å². The fourth-order valence-electron chi connectivity index (χ4n) is 3.19. The van der Waals surface area contributed by atoms with Gasteiger partial charge in [0.1, 0.15) is 0 Å². The van der Waals surface area contributed by atoms with Gasteiger partial charge in [-0.15, -0.1) is 10.2 Å². The van der Waals surface area contributed by atoms with Crippen LogP contribution in [0.2, 0.25) is 0 Å². The molecule has 3 amide bonds. The van der Waals surface area contributed by atoms with Crippen LogP contribution in [0.15, 0.2) is 29.4 Å². The van der Waals surface area contributed by atoms with Crippen LogP contribution in [0, 0.1) is 0 Å². The lowest BCUT2D eigenvalue weighted by Crippen LogP contribution is -2.27. The maximum absolute atomic E-state index is 12.6. The number of carbonyl (C=O) groups is 2. The molecule has 3 aromatic rings. The van der Waals surface area contributed by atoms with Crippen LogP contribution in [0.4, 0.5) is 28.1 Å². The standard InChI is InChI=1S/C19H24N10O2S/c1-3-20-15-24-16(21-4-2)29-17(25-15)26-27-19(29)32-11-14(30)23-12-6-5-7-13(10-12)28-9-8-22-18(28)31/h5-7,10H,3-4,8-9,11H2,1-2H3,(H,22,31)(H,23,30)(H2,20,21,24,25,26). The number of thioether (sulfide) groups is 1. The number of carbonyl (C=O) groups excluding carboxylic acids is 2. The maximum Gasteiger partial charge on any atom is 0.321 e. The van der Waals surface area contributed by atoms with Crippen molar-refractivity contribution in [1.82, 2.24) is 29.9 Å². The van der Waals surface area contributed by atoms with Gasteiger partial charge in [0, 0.05) is 37.6 Å². The predicted molar refractivity (Wildman–Crippen MR) is 123 cm³/mol. The van der Waals surface area contributed by atoms with Gasteiger partial charge in [-0.3, -0.25) is 9.69 Å².